The van der Waals surface area contributed by atoms with Crippen molar-refractivity contribution in [1.29, 1.82) is 0 Å². The molecule has 4 rings (SSSR count). The highest BCUT2D eigenvalue weighted by molar-refractivity contribution is 9.10. The highest BCUT2D eigenvalue weighted by atomic mass is 79.9. The predicted octanol–water partition coefficient (Wildman–Crippen LogP) is 5.18. The molecule has 2 heterocycles. The van der Waals surface area contributed by atoms with Crippen LogP contribution in [0, 0.1) is 0 Å². The molecule has 0 bridgehead atoms. The molecule has 4 nitrogen and oxygen atoms in total. The van der Waals surface area contributed by atoms with Gasteiger partial charge in [0.15, 0.2) is 0 Å². The van der Waals surface area contributed by atoms with Crippen molar-refractivity contribution in [2.24, 2.45) is 0 Å². The molecule has 6 heteroatoms. The zero-order chi connectivity index (χ0) is 16.7. The third kappa shape index (κ3) is 2.72. The van der Waals surface area contributed by atoms with E-state index in [1.54, 1.807) is 11.3 Å². The summed E-state index contributed by atoms with van der Waals surface area (Å²) in [6.45, 7) is 0. The number of rotatable bonds is 3. The van der Waals surface area contributed by atoms with E-state index < -0.39 is 0 Å². The van der Waals surface area contributed by atoms with Gasteiger partial charge >= 0.3 is 0 Å². The van der Waals surface area contributed by atoms with Crippen LogP contribution >= 0.6 is 27.3 Å². The average Bonchev–Trinajstić information content (AvgIpc) is 3.21. The van der Waals surface area contributed by atoms with Gasteiger partial charge in [0.05, 0.1) is 0 Å². The highest BCUT2D eigenvalue weighted by Gasteiger charge is 2.13. The molecule has 4 aromatic rings. The van der Waals surface area contributed by atoms with Crippen molar-refractivity contribution < 1.29 is 0 Å². The maximum absolute atomic E-state index is 4.40. The van der Waals surface area contributed by atoms with Crippen LogP contribution in [0.3, 0.4) is 0 Å². The summed E-state index contributed by atoms with van der Waals surface area (Å²) >= 11 is 5.14. The van der Waals surface area contributed by atoms with E-state index >= 15 is 0 Å². The van der Waals surface area contributed by atoms with Crippen LogP contribution in [0.1, 0.15) is 0 Å². The van der Waals surface area contributed by atoms with Crippen molar-refractivity contribution in [1.82, 2.24) is 15.2 Å². The van der Waals surface area contributed by atoms with E-state index in [4.69, 9.17) is 0 Å². The molecule has 2 aromatic heterocycles. The molecule has 24 heavy (non-hydrogen) atoms. The molecule has 0 aliphatic heterocycles. The molecule has 0 aliphatic carbocycles. The van der Waals surface area contributed by atoms with Crippen molar-refractivity contribution in [3.8, 4) is 21.1 Å². The molecular weight excluding hydrogens is 384 g/mol. The van der Waals surface area contributed by atoms with Crippen LogP contribution in [0.2, 0.25) is 0 Å². The van der Waals surface area contributed by atoms with Gasteiger partial charge in [0.25, 0.3) is 0 Å². The quantitative estimate of drug-likeness (QED) is 0.516. The van der Waals surface area contributed by atoms with Gasteiger partial charge in [-0.1, -0.05) is 27.3 Å². The molecule has 2 aromatic carbocycles. The predicted molar refractivity (Wildman–Crippen MR) is 105 cm³/mol. The van der Waals surface area contributed by atoms with Crippen LogP contribution in [0.25, 0.3) is 32.0 Å². The van der Waals surface area contributed by atoms with Gasteiger partial charge in [-0.3, -0.25) is 0 Å². The number of aromatic nitrogens is 3. The Morgan fingerprint density at radius 2 is 1.75 bits per heavy atom. The van der Waals surface area contributed by atoms with Crippen molar-refractivity contribution in [3.05, 3.63) is 53.1 Å². The fraction of sp³-hybridized carbons (Fsp3) is 0.111. The summed E-state index contributed by atoms with van der Waals surface area (Å²) < 4.78 is 1.06. The number of hydrogen-bond donors (Lipinski definition) is 1. The Labute approximate surface area is 152 Å². The Bertz CT molecular complexity index is 1000. The van der Waals surface area contributed by atoms with Gasteiger partial charge in [0.1, 0.15) is 10.0 Å². The zero-order valence-corrected chi connectivity index (χ0v) is 15.6. The fourth-order valence-corrected chi connectivity index (χ4v) is 3.86. The van der Waals surface area contributed by atoms with E-state index in [-0.39, 0.29) is 0 Å². The SMILES string of the molecule is CN(C)c1ccc(-c2nnc(-c3c[nH]c4ccc(Br)cc34)s2)cc1. The summed E-state index contributed by atoms with van der Waals surface area (Å²) in [5, 5.41) is 11.8. The van der Waals surface area contributed by atoms with Crippen molar-refractivity contribution >= 4 is 43.9 Å². The first-order valence-corrected chi connectivity index (χ1v) is 9.11. The number of fused-ring (bicyclic) bond motifs is 1. The zero-order valence-electron chi connectivity index (χ0n) is 13.2. The van der Waals surface area contributed by atoms with Gasteiger partial charge in [0, 0.05) is 52.5 Å². The molecular formula is C18H15BrN4S. The fourth-order valence-electron chi connectivity index (χ4n) is 2.62. The van der Waals surface area contributed by atoms with E-state index in [0.29, 0.717) is 0 Å². The summed E-state index contributed by atoms with van der Waals surface area (Å²) in [4.78, 5) is 5.38. The third-order valence-corrected chi connectivity index (χ3v) is 5.43. The van der Waals surface area contributed by atoms with Gasteiger partial charge in [-0.2, -0.15) is 0 Å². The molecule has 1 N–H and O–H groups in total. The molecule has 0 radical (unpaired) electrons. The monoisotopic (exact) mass is 398 g/mol. The maximum atomic E-state index is 4.40. The van der Waals surface area contributed by atoms with E-state index in [2.05, 4.69) is 72.4 Å². The Morgan fingerprint density at radius 1 is 1.00 bits per heavy atom. The number of halogens is 1. The summed E-state index contributed by atoms with van der Waals surface area (Å²) in [5.41, 5.74) is 4.44. The van der Waals surface area contributed by atoms with Gasteiger partial charge in [-0.05, 0) is 42.5 Å². The normalized spacial score (nSPS) is 11.1. The molecule has 0 fully saturated rings. The number of nitrogens with one attached hydrogen (secondary N) is 1. The number of hydrogen-bond acceptors (Lipinski definition) is 4. The first kappa shape index (κ1) is 15.4. The minimum absolute atomic E-state index is 0.922. The first-order chi connectivity index (χ1) is 11.6. The second-order valence-corrected chi connectivity index (χ2v) is 7.64. The Hall–Kier alpha value is -2.18. The van der Waals surface area contributed by atoms with Crippen molar-refractivity contribution in [3.63, 3.8) is 0 Å². The average molecular weight is 399 g/mol. The number of aromatic amines is 1. The summed E-state index contributed by atoms with van der Waals surface area (Å²) in [6.07, 6.45) is 2.00. The van der Waals surface area contributed by atoms with E-state index in [9.17, 15) is 0 Å². The van der Waals surface area contributed by atoms with Gasteiger partial charge < -0.3 is 9.88 Å². The van der Waals surface area contributed by atoms with Gasteiger partial charge in [-0.25, -0.2) is 0 Å². The Kier molecular flexibility index (Phi) is 3.86. The van der Waals surface area contributed by atoms with E-state index in [1.165, 1.54) is 5.69 Å². The molecule has 0 saturated carbocycles. The molecule has 0 saturated heterocycles. The Balaban J connectivity index is 1.72. The topological polar surface area (TPSA) is 44.8 Å². The van der Waals surface area contributed by atoms with Crippen molar-refractivity contribution in [2.45, 2.75) is 0 Å². The molecule has 120 valence electrons. The lowest BCUT2D eigenvalue weighted by molar-refractivity contribution is 1.10. The molecule has 0 aliphatic rings. The number of nitrogens with zero attached hydrogens (tertiary/aromatic N) is 3. The summed E-state index contributed by atoms with van der Waals surface area (Å²) in [5.74, 6) is 0. The lowest BCUT2D eigenvalue weighted by Gasteiger charge is -2.11. The minimum atomic E-state index is 0.922. The van der Waals surface area contributed by atoms with Gasteiger partial charge in [-0.15, -0.1) is 10.2 Å². The molecule has 0 spiro atoms. The second-order valence-electron chi connectivity index (χ2n) is 5.75. The van der Waals surface area contributed by atoms with Crippen LogP contribution in [0.5, 0.6) is 0 Å². The number of benzene rings is 2. The van der Waals surface area contributed by atoms with E-state index in [1.807, 2.05) is 26.4 Å². The lowest BCUT2D eigenvalue weighted by Crippen LogP contribution is -2.07. The maximum Gasteiger partial charge on any atom is 0.150 e. The first-order valence-electron chi connectivity index (χ1n) is 7.50. The van der Waals surface area contributed by atoms with Crippen LogP contribution in [0.15, 0.2) is 53.1 Å². The lowest BCUT2D eigenvalue weighted by atomic mass is 10.2. The van der Waals surface area contributed by atoms with Crippen LogP contribution < -0.4 is 4.90 Å². The smallest absolute Gasteiger partial charge is 0.150 e. The number of H-pyrrole nitrogens is 1. The van der Waals surface area contributed by atoms with E-state index in [0.717, 1.165) is 36.5 Å². The molecule has 0 amide bonds. The molecule has 0 atom stereocenters. The third-order valence-electron chi connectivity index (χ3n) is 3.93. The largest absolute Gasteiger partial charge is 0.378 e. The number of anilines is 1. The Morgan fingerprint density at radius 3 is 2.50 bits per heavy atom. The van der Waals surface area contributed by atoms with Crippen LogP contribution in [-0.4, -0.2) is 29.3 Å². The summed E-state index contributed by atoms with van der Waals surface area (Å²) in [7, 11) is 4.07. The van der Waals surface area contributed by atoms with Gasteiger partial charge in [0.2, 0.25) is 0 Å². The van der Waals surface area contributed by atoms with Crippen LogP contribution in [-0.2, 0) is 0 Å². The summed E-state index contributed by atoms with van der Waals surface area (Å²) in [6, 6.07) is 14.6. The second kappa shape index (κ2) is 6.03. The minimum Gasteiger partial charge on any atom is -0.378 e. The highest BCUT2D eigenvalue weighted by Crippen LogP contribution is 2.35. The molecule has 0 unspecified atom stereocenters. The standard InChI is InChI=1S/C18H15BrN4S/c1-23(2)13-6-3-11(4-7-13)17-21-22-18(24-17)15-10-20-16-8-5-12(19)9-14(15)16/h3-10,20H,1-2H3. The van der Waals surface area contributed by atoms with Crippen LogP contribution in [0.4, 0.5) is 5.69 Å². The van der Waals surface area contributed by atoms with Crippen molar-refractivity contribution in [2.75, 3.05) is 19.0 Å².